The van der Waals surface area contributed by atoms with Gasteiger partial charge in [0.2, 0.25) is 11.8 Å². The second kappa shape index (κ2) is 8.47. The molecule has 0 atom stereocenters. The van der Waals surface area contributed by atoms with Gasteiger partial charge >= 0.3 is 6.03 Å². The van der Waals surface area contributed by atoms with Crippen molar-refractivity contribution in [3.63, 3.8) is 0 Å². The maximum Gasteiger partial charge on any atom is 0.354 e. The summed E-state index contributed by atoms with van der Waals surface area (Å²) in [6.07, 6.45) is 3.70. The van der Waals surface area contributed by atoms with Crippen molar-refractivity contribution in [1.82, 2.24) is 8.61 Å². The van der Waals surface area contributed by atoms with E-state index in [0.717, 1.165) is 45.8 Å². The van der Waals surface area contributed by atoms with Gasteiger partial charge in [-0.2, -0.15) is 0 Å². The molecule has 1 aliphatic heterocycles. The molecule has 0 aromatic rings. The molecule has 0 bridgehead atoms. The van der Waals surface area contributed by atoms with Crippen LogP contribution in [0, 0.1) is 0 Å². The fourth-order valence-corrected chi connectivity index (χ4v) is 3.48. The molecule has 4 amide bonds. The van der Waals surface area contributed by atoms with E-state index in [4.69, 9.17) is 0 Å². The molecule has 7 heteroatoms. The predicted octanol–water partition coefficient (Wildman–Crippen LogP) is 3.06. The second-order valence-electron chi connectivity index (χ2n) is 4.21. The first-order valence-electron chi connectivity index (χ1n) is 6.57. The summed E-state index contributed by atoms with van der Waals surface area (Å²) < 4.78 is 2.27. The van der Waals surface area contributed by atoms with Crippen LogP contribution >= 0.6 is 23.9 Å². The Morgan fingerprint density at radius 2 is 1.32 bits per heavy atom. The van der Waals surface area contributed by atoms with Crippen LogP contribution in [0.5, 0.6) is 0 Å². The minimum absolute atomic E-state index is 0.204. The van der Waals surface area contributed by atoms with E-state index in [1.165, 1.54) is 23.9 Å². The summed E-state index contributed by atoms with van der Waals surface area (Å²) in [5.41, 5.74) is 0. The number of carbonyl (C=O) groups is 3. The number of amides is 4. The first kappa shape index (κ1) is 16.4. The number of hydrogen-bond acceptors (Lipinski definition) is 5. The summed E-state index contributed by atoms with van der Waals surface area (Å²) in [7, 11) is 0. The van der Waals surface area contributed by atoms with E-state index in [1.807, 2.05) is 0 Å². The molecule has 1 rings (SSSR count). The maximum atomic E-state index is 12.1. The van der Waals surface area contributed by atoms with Gasteiger partial charge in [0, 0.05) is 11.5 Å². The van der Waals surface area contributed by atoms with Crippen molar-refractivity contribution >= 4 is 41.7 Å². The van der Waals surface area contributed by atoms with Crippen molar-refractivity contribution in [1.29, 1.82) is 0 Å². The first-order chi connectivity index (χ1) is 9.11. The normalized spacial score (nSPS) is 16.4. The maximum absolute atomic E-state index is 12.1. The molecule has 0 aliphatic carbocycles. The number of imide groups is 2. The Bertz CT molecular complexity index is 320. The second-order valence-corrected chi connectivity index (χ2v) is 6.27. The van der Waals surface area contributed by atoms with Crippen LogP contribution in [-0.2, 0) is 9.59 Å². The molecule has 0 radical (unpaired) electrons. The highest BCUT2D eigenvalue weighted by atomic mass is 32.2. The molecular weight excluding hydrogens is 284 g/mol. The van der Waals surface area contributed by atoms with Crippen LogP contribution in [0.4, 0.5) is 4.79 Å². The van der Waals surface area contributed by atoms with Gasteiger partial charge in [-0.25, -0.2) is 13.4 Å². The lowest BCUT2D eigenvalue weighted by Gasteiger charge is -2.30. The number of hydrogen-bond donors (Lipinski definition) is 0. The van der Waals surface area contributed by atoms with Crippen molar-refractivity contribution in [3.8, 4) is 0 Å². The predicted molar refractivity (Wildman–Crippen MR) is 78.4 cm³/mol. The Morgan fingerprint density at radius 3 is 1.68 bits per heavy atom. The topological polar surface area (TPSA) is 57.7 Å². The first-order valence-corrected chi connectivity index (χ1v) is 8.46. The Morgan fingerprint density at radius 1 is 0.895 bits per heavy atom. The van der Waals surface area contributed by atoms with Crippen LogP contribution in [0.2, 0.25) is 0 Å². The molecule has 108 valence electrons. The van der Waals surface area contributed by atoms with Crippen molar-refractivity contribution < 1.29 is 14.4 Å². The Hall–Kier alpha value is -0.690. The molecule has 1 fully saturated rings. The van der Waals surface area contributed by atoms with Crippen LogP contribution in [0.3, 0.4) is 0 Å². The molecule has 1 saturated heterocycles. The Balaban J connectivity index is 2.59. The molecule has 0 spiro atoms. The SMILES string of the molecule is CCCCSN1C(=O)CC(=O)N(SCCCC)C1=O. The van der Waals surface area contributed by atoms with E-state index in [2.05, 4.69) is 13.8 Å². The lowest BCUT2D eigenvalue weighted by Crippen LogP contribution is -2.49. The van der Waals surface area contributed by atoms with Crippen molar-refractivity contribution in [2.45, 2.75) is 46.0 Å². The van der Waals surface area contributed by atoms with Gasteiger partial charge in [-0.1, -0.05) is 26.7 Å². The van der Waals surface area contributed by atoms with E-state index >= 15 is 0 Å². The highest BCUT2D eigenvalue weighted by Gasteiger charge is 2.38. The van der Waals surface area contributed by atoms with Crippen LogP contribution < -0.4 is 0 Å². The Labute approximate surface area is 122 Å². The van der Waals surface area contributed by atoms with Crippen LogP contribution in [-0.4, -0.2) is 38.0 Å². The summed E-state index contributed by atoms with van der Waals surface area (Å²) in [5.74, 6) is 0.637. The fourth-order valence-electron chi connectivity index (χ4n) is 1.42. The van der Waals surface area contributed by atoms with Crippen LogP contribution in [0.25, 0.3) is 0 Å². The van der Waals surface area contributed by atoms with E-state index in [0.29, 0.717) is 0 Å². The third kappa shape index (κ3) is 4.72. The number of barbiturate groups is 1. The number of carbonyl (C=O) groups excluding carboxylic acids is 3. The summed E-state index contributed by atoms with van der Waals surface area (Å²) in [6.45, 7) is 4.10. The molecule has 0 saturated carbocycles. The van der Waals surface area contributed by atoms with Gasteiger partial charge in [0.1, 0.15) is 6.42 Å². The van der Waals surface area contributed by atoms with Crippen molar-refractivity contribution in [2.75, 3.05) is 11.5 Å². The molecule has 1 heterocycles. The zero-order valence-electron chi connectivity index (χ0n) is 11.4. The molecule has 0 unspecified atom stereocenters. The number of rotatable bonds is 8. The lowest BCUT2D eigenvalue weighted by molar-refractivity contribution is -0.135. The fraction of sp³-hybridized carbons (Fsp3) is 0.750. The Kier molecular flexibility index (Phi) is 7.30. The van der Waals surface area contributed by atoms with Gasteiger partial charge < -0.3 is 0 Å². The molecule has 5 nitrogen and oxygen atoms in total. The van der Waals surface area contributed by atoms with Gasteiger partial charge in [-0.15, -0.1) is 0 Å². The number of nitrogens with zero attached hydrogens (tertiary/aromatic N) is 2. The number of unbranched alkanes of at least 4 members (excludes halogenated alkanes) is 2. The smallest absolute Gasteiger partial charge is 0.273 e. The molecule has 0 N–H and O–H groups in total. The molecular formula is C12H20N2O3S2. The highest BCUT2D eigenvalue weighted by molar-refractivity contribution is 7.99. The van der Waals surface area contributed by atoms with Crippen molar-refractivity contribution in [2.24, 2.45) is 0 Å². The largest absolute Gasteiger partial charge is 0.354 e. The summed E-state index contributed by atoms with van der Waals surface area (Å²) in [5, 5.41) is 0. The van der Waals surface area contributed by atoms with E-state index in [-0.39, 0.29) is 6.42 Å². The number of urea groups is 1. The van der Waals surface area contributed by atoms with Gasteiger partial charge in [0.15, 0.2) is 0 Å². The molecule has 0 aromatic heterocycles. The zero-order valence-corrected chi connectivity index (χ0v) is 13.0. The molecule has 0 aromatic carbocycles. The zero-order chi connectivity index (χ0) is 14.3. The molecule has 1 aliphatic rings. The van der Waals surface area contributed by atoms with Crippen LogP contribution in [0.1, 0.15) is 46.0 Å². The average Bonchev–Trinajstić information content (AvgIpc) is 2.37. The van der Waals surface area contributed by atoms with Gasteiger partial charge in [0.05, 0.1) is 0 Å². The third-order valence-electron chi connectivity index (χ3n) is 2.54. The van der Waals surface area contributed by atoms with Crippen molar-refractivity contribution in [3.05, 3.63) is 0 Å². The summed E-state index contributed by atoms with van der Waals surface area (Å²) >= 11 is 2.42. The van der Waals surface area contributed by atoms with Gasteiger partial charge in [-0.05, 0) is 36.7 Å². The van der Waals surface area contributed by atoms with E-state index in [1.54, 1.807) is 0 Å². The van der Waals surface area contributed by atoms with Gasteiger partial charge in [-0.3, -0.25) is 9.59 Å². The van der Waals surface area contributed by atoms with E-state index in [9.17, 15) is 14.4 Å². The summed E-state index contributed by atoms with van der Waals surface area (Å²) in [4.78, 5) is 35.5. The lowest BCUT2D eigenvalue weighted by atomic mass is 10.3. The standard InChI is InChI=1S/C12H20N2O3S2/c1-3-5-7-18-13-10(15)9-11(16)14(12(13)17)19-8-6-4-2/h3-9H2,1-2H3. The average molecular weight is 304 g/mol. The molecule has 19 heavy (non-hydrogen) atoms. The van der Waals surface area contributed by atoms with E-state index < -0.39 is 17.8 Å². The summed E-state index contributed by atoms with van der Waals surface area (Å²) in [6, 6.07) is -0.497. The highest BCUT2D eigenvalue weighted by Crippen LogP contribution is 2.26. The van der Waals surface area contributed by atoms with Crippen LogP contribution in [0.15, 0.2) is 0 Å². The third-order valence-corrected chi connectivity index (χ3v) is 4.72. The minimum Gasteiger partial charge on any atom is -0.273 e. The monoisotopic (exact) mass is 304 g/mol. The minimum atomic E-state index is -0.497. The van der Waals surface area contributed by atoms with Gasteiger partial charge in [0.25, 0.3) is 0 Å². The quantitative estimate of drug-likeness (QED) is 0.392.